The molecule has 158 valence electrons. The molecule has 2 aliphatic rings. The van der Waals surface area contributed by atoms with Crippen molar-refractivity contribution in [1.82, 2.24) is 15.2 Å². The van der Waals surface area contributed by atoms with Crippen LogP contribution in [0.2, 0.25) is 0 Å². The molecule has 0 aliphatic heterocycles. The predicted octanol–water partition coefficient (Wildman–Crippen LogP) is 4.56. The Balaban J connectivity index is 1.91. The van der Waals surface area contributed by atoms with Gasteiger partial charge >= 0.3 is 0 Å². The minimum Gasteiger partial charge on any atom is -0.349 e. The average molecular weight is 398 g/mol. The van der Waals surface area contributed by atoms with E-state index in [1.54, 1.807) is 17.3 Å². The Hall–Kier alpha value is -2.17. The van der Waals surface area contributed by atoms with Crippen LogP contribution in [0, 0.1) is 5.41 Å². The van der Waals surface area contributed by atoms with Gasteiger partial charge in [-0.05, 0) is 76.9 Å². The number of hydrogen-bond donors (Lipinski definition) is 1. The van der Waals surface area contributed by atoms with E-state index in [1.165, 1.54) is 31.8 Å². The summed E-state index contributed by atoms with van der Waals surface area (Å²) in [7, 11) is 0. The largest absolute Gasteiger partial charge is 0.349 e. The Morgan fingerprint density at radius 1 is 1.24 bits per heavy atom. The Labute approximate surface area is 175 Å². The Kier molecular flexibility index (Phi) is 6.45. The third-order valence-corrected chi connectivity index (χ3v) is 6.53. The summed E-state index contributed by atoms with van der Waals surface area (Å²) in [5, 5.41) is 3.07. The molecule has 2 amide bonds. The van der Waals surface area contributed by atoms with Gasteiger partial charge in [-0.2, -0.15) is 0 Å². The molecule has 1 atom stereocenters. The first-order valence-electron chi connectivity index (χ1n) is 10.9. The second-order valence-electron chi connectivity index (χ2n) is 9.82. The quantitative estimate of drug-likeness (QED) is 0.741. The molecule has 2 aliphatic carbocycles. The monoisotopic (exact) mass is 397 g/mol. The molecule has 1 spiro atoms. The molecule has 0 saturated heterocycles. The van der Waals surface area contributed by atoms with Crippen LogP contribution in [0.15, 0.2) is 37.2 Å². The van der Waals surface area contributed by atoms with Gasteiger partial charge in [0.15, 0.2) is 0 Å². The first-order chi connectivity index (χ1) is 13.7. The molecule has 0 aromatic carbocycles. The minimum atomic E-state index is -0.698. The summed E-state index contributed by atoms with van der Waals surface area (Å²) in [5.41, 5.74) is 0.822. The lowest BCUT2D eigenvalue weighted by atomic mass is 9.71. The number of aromatic nitrogens is 1. The lowest BCUT2D eigenvalue weighted by molar-refractivity contribution is -0.142. The van der Waals surface area contributed by atoms with E-state index in [0.717, 1.165) is 31.2 Å². The number of nitrogens with zero attached hydrogens (tertiary/aromatic N) is 2. The lowest BCUT2D eigenvalue weighted by Gasteiger charge is -2.44. The van der Waals surface area contributed by atoms with E-state index in [2.05, 4.69) is 16.9 Å². The number of carbonyl (C=O) groups is 2. The van der Waals surface area contributed by atoms with Gasteiger partial charge in [-0.1, -0.05) is 25.5 Å². The molecule has 29 heavy (non-hydrogen) atoms. The van der Waals surface area contributed by atoms with Crippen LogP contribution >= 0.6 is 0 Å². The van der Waals surface area contributed by atoms with Crippen LogP contribution in [-0.2, 0) is 9.59 Å². The number of nitrogens with one attached hydrogen (secondary N) is 1. The third-order valence-electron chi connectivity index (χ3n) is 6.53. The van der Waals surface area contributed by atoms with Crippen LogP contribution in [0.1, 0.15) is 83.7 Å². The van der Waals surface area contributed by atoms with E-state index in [9.17, 15) is 9.59 Å². The maximum atomic E-state index is 13.3. The molecule has 2 fully saturated rings. The molecule has 5 nitrogen and oxygen atoms in total. The van der Waals surface area contributed by atoms with E-state index in [4.69, 9.17) is 0 Å². The van der Waals surface area contributed by atoms with Gasteiger partial charge in [0.2, 0.25) is 11.8 Å². The van der Waals surface area contributed by atoms with E-state index in [-0.39, 0.29) is 23.4 Å². The maximum absolute atomic E-state index is 13.3. The maximum Gasteiger partial charge on any atom is 0.247 e. The molecule has 1 unspecified atom stereocenters. The fraction of sp³-hybridized carbons (Fsp3) is 0.625. The first-order valence-corrected chi connectivity index (χ1v) is 10.9. The smallest absolute Gasteiger partial charge is 0.247 e. The summed E-state index contributed by atoms with van der Waals surface area (Å²) in [6.07, 6.45) is 14.2. The highest BCUT2D eigenvalue weighted by atomic mass is 16.2. The van der Waals surface area contributed by atoms with Crippen molar-refractivity contribution in [3.63, 3.8) is 0 Å². The minimum absolute atomic E-state index is 0.0441. The fourth-order valence-corrected chi connectivity index (χ4v) is 5.16. The van der Waals surface area contributed by atoms with Crippen molar-refractivity contribution in [2.75, 3.05) is 0 Å². The van der Waals surface area contributed by atoms with Gasteiger partial charge in [0.1, 0.15) is 6.04 Å². The summed E-state index contributed by atoms with van der Waals surface area (Å²) >= 11 is 0. The second-order valence-corrected chi connectivity index (χ2v) is 9.82. The summed E-state index contributed by atoms with van der Waals surface area (Å²) in [6, 6.07) is 3.04. The molecule has 2 saturated carbocycles. The highest BCUT2D eigenvalue weighted by molar-refractivity contribution is 5.93. The zero-order chi connectivity index (χ0) is 21.1. The third kappa shape index (κ3) is 5.06. The van der Waals surface area contributed by atoms with Crippen molar-refractivity contribution in [3.05, 3.63) is 42.7 Å². The predicted molar refractivity (Wildman–Crippen MR) is 115 cm³/mol. The molecule has 1 heterocycles. The van der Waals surface area contributed by atoms with Crippen LogP contribution in [0.5, 0.6) is 0 Å². The molecule has 1 aromatic rings. The van der Waals surface area contributed by atoms with Gasteiger partial charge in [0.25, 0.3) is 0 Å². The number of amides is 2. The second kappa shape index (κ2) is 8.68. The topological polar surface area (TPSA) is 62.3 Å². The number of carbonyl (C=O) groups excluding carboxylic acids is 2. The van der Waals surface area contributed by atoms with E-state index >= 15 is 0 Å². The van der Waals surface area contributed by atoms with E-state index in [0.29, 0.717) is 5.41 Å². The van der Waals surface area contributed by atoms with Crippen LogP contribution in [0.4, 0.5) is 0 Å². The van der Waals surface area contributed by atoms with Crippen molar-refractivity contribution in [2.24, 2.45) is 5.41 Å². The highest BCUT2D eigenvalue weighted by Gasteiger charge is 2.43. The van der Waals surface area contributed by atoms with Gasteiger partial charge in [-0.15, -0.1) is 0 Å². The fourth-order valence-electron chi connectivity index (χ4n) is 5.16. The molecular weight excluding hydrogens is 362 g/mol. The summed E-state index contributed by atoms with van der Waals surface area (Å²) < 4.78 is 0. The number of rotatable bonds is 5. The van der Waals surface area contributed by atoms with Gasteiger partial charge in [-0.25, -0.2) is 0 Å². The molecule has 1 N–H and O–H groups in total. The zero-order valence-electron chi connectivity index (χ0n) is 18.1. The molecule has 0 bridgehead atoms. The molecule has 3 rings (SSSR count). The van der Waals surface area contributed by atoms with Crippen LogP contribution < -0.4 is 5.32 Å². The standard InChI is InChI=1S/C24H35N3O2/c1-5-20(28)27(19-10-14-24(15-11-19)12-6-7-13-24)21(18-9-8-16-25-17-18)22(29)26-23(2,3)4/h5,8-9,16-17,19,21H,1,6-7,10-15H2,2-4H3,(H,26,29). The Bertz CT molecular complexity index is 722. The van der Waals surface area contributed by atoms with Crippen molar-refractivity contribution in [1.29, 1.82) is 0 Å². The summed E-state index contributed by atoms with van der Waals surface area (Å²) in [5.74, 6) is -0.350. The van der Waals surface area contributed by atoms with Gasteiger partial charge in [0, 0.05) is 29.5 Å². The van der Waals surface area contributed by atoms with Crippen molar-refractivity contribution < 1.29 is 9.59 Å². The lowest BCUT2D eigenvalue weighted by Crippen LogP contribution is -2.53. The molecule has 1 aromatic heterocycles. The van der Waals surface area contributed by atoms with Crippen LogP contribution in [0.25, 0.3) is 0 Å². The van der Waals surface area contributed by atoms with Gasteiger partial charge in [-0.3, -0.25) is 14.6 Å². The Morgan fingerprint density at radius 3 is 2.41 bits per heavy atom. The summed E-state index contributed by atoms with van der Waals surface area (Å²) in [4.78, 5) is 32.3. The van der Waals surface area contributed by atoms with Crippen molar-refractivity contribution >= 4 is 11.8 Å². The first kappa shape index (κ1) is 21.5. The normalized spacial score (nSPS) is 20.2. The zero-order valence-corrected chi connectivity index (χ0v) is 18.1. The number of hydrogen-bond acceptors (Lipinski definition) is 3. The molecule has 5 heteroatoms. The van der Waals surface area contributed by atoms with E-state index < -0.39 is 6.04 Å². The highest BCUT2D eigenvalue weighted by Crippen LogP contribution is 2.50. The van der Waals surface area contributed by atoms with Crippen molar-refractivity contribution in [3.8, 4) is 0 Å². The summed E-state index contributed by atoms with van der Waals surface area (Å²) in [6.45, 7) is 9.58. The SMILES string of the molecule is C=CC(=O)N(C1CCC2(CCCC2)CC1)C(C(=O)NC(C)(C)C)c1cccnc1. The molecule has 0 radical (unpaired) electrons. The molecular formula is C24H35N3O2. The van der Waals surface area contributed by atoms with E-state index in [1.807, 2.05) is 32.9 Å². The average Bonchev–Trinajstić information content (AvgIpc) is 3.13. The Morgan fingerprint density at radius 2 is 1.90 bits per heavy atom. The van der Waals surface area contributed by atoms with Crippen molar-refractivity contribution in [2.45, 2.75) is 89.8 Å². The van der Waals surface area contributed by atoms with Gasteiger partial charge < -0.3 is 10.2 Å². The van der Waals surface area contributed by atoms with Crippen LogP contribution in [-0.4, -0.2) is 33.3 Å². The van der Waals surface area contributed by atoms with Gasteiger partial charge in [0.05, 0.1) is 0 Å². The van der Waals surface area contributed by atoms with Crippen LogP contribution in [0.3, 0.4) is 0 Å². The number of pyridine rings is 1.